The average Bonchev–Trinajstić information content (AvgIpc) is 2.38. The summed E-state index contributed by atoms with van der Waals surface area (Å²) in [5.41, 5.74) is 0.344. The minimum atomic E-state index is -0.724. The molecule has 0 aliphatic rings. The number of Topliss-reactive ketones (excluding diaryl/α,β-unsaturated/α-hetero) is 1. The molecular formula is C16H22O5. The quantitative estimate of drug-likeness (QED) is 0.622. The number of ether oxygens (including phenoxy) is 1. The molecule has 1 rings (SSSR count). The number of hydrogen-bond donors (Lipinski definition) is 2. The molecule has 0 saturated carbocycles. The van der Waals surface area contributed by atoms with Crippen LogP contribution in [-0.4, -0.2) is 29.1 Å². The Morgan fingerprint density at radius 2 is 1.71 bits per heavy atom. The van der Waals surface area contributed by atoms with Gasteiger partial charge in [-0.2, -0.15) is 0 Å². The van der Waals surface area contributed by atoms with Gasteiger partial charge in [0.15, 0.2) is 0 Å². The van der Waals surface area contributed by atoms with Crippen molar-refractivity contribution in [2.75, 3.05) is 7.11 Å². The second kappa shape index (κ2) is 7.11. The Hall–Kier alpha value is -2.04. The van der Waals surface area contributed by atoms with Gasteiger partial charge in [0, 0.05) is 18.4 Å². The highest BCUT2D eigenvalue weighted by Crippen LogP contribution is 2.34. The van der Waals surface area contributed by atoms with Gasteiger partial charge < -0.3 is 14.9 Å². The first-order valence-electron chi connectivity index (χ1n) is 6.92. The van der Waals surface area contributed by atoms with Crippen LogP contribution in [0.4, 0.5) is 0 Å². The van der Waals surface area contributed by atoms with Crippen LogP contribution in [-0.2, 0) is 9.53 Å². The predicted molar refractivity (Wildman–Crippen MR) is 78.6 cm³/mol. The van der Waals surface area contributed by atoms with Crippen molar-refractivity contribution >= 4 is 11.8 Å². The molecule has 21 heavy (non-hydrogen) atoms. The third-order valence-electron chi connectivity index (χ3n) is 3.25. The van der Waals surface area contributed by atoms with Gasteiger partial charge in [-0.3, -0.25) is 4.79 Å². The third kappa shape index (κ3) is 4.48. The summed E-state index contributed by atoms with van der Waals surface area (Å²) in [6, 6.07) is 2.48. The lowest BCUT2D eigenvalue weighted by atomic mass is 9.91. The van der Waals surface area contributed by atoms with Crippen molar-refractivity contribution in [2.24, 2.45) is 5.92 Å². The van der Waals surface area contributed by atoms with E-state index >= 15 is 0 Å². The topological polar surface area (TPSA) is 83.8 Å². The fraction of sp³-hybridized carbons (Fsp3) is 0.500. The van der Waals surface area contributed by atoms with Crippen molar-refractivity contribution in [3.05, 3.63) is 23.3 Å². The van der Waals surface area contributed by atoms with Gasteiger partial charge in [-0.05, 0) is 24.0 Å². The second-order valence-electron chi connectivity index (χ2n) is 5.66. The molecule has 1 aromatic rings. The number of carbonyl (C=O) groups excluding carboxylic acids is 2. The molecule has 0 saturated heterocycles. The summed E-state index contributed by atoms with van der Waals surface area (Å²) in [6.45, 7) is 5.73. The molecule has 0 bridgehead atoms. The first-order chi connectivity index (χ1) is 9.76. The summed E-state index contributed by atoms with van der Waals surface area (Å²) in [5.74, 6) is -0.968. The Bertz CT molecular complexity index is 534. The number of rotatable bonds is 6. The van der Waals surface area contributed by atoms with E-state index in [1.165, 1.54) is 19.2 Å². The smallest absolute Gasteiger partial charge is 0.341 e. The highest BCUT2D eigenvalue weighted by molar-refractivity contribution is 5.93. The Balaban J connectivity index is 2.96. The highest BCUT2D eigenvalue weighted by Gasteiger charge is 2.20. The van der Waals surface area contributed by atoms with Gasteiger partial charge in [-0.25, -0.2) is 4.79 Å². The Morgan fingerprint density at radius 1 is 1.10 bits per heavy atom. The predicted octanol–water partition coefficient (Wildman–Crippen LogP) is 2.99. The van der Waals surface area contributed by atoms with Crippen molar-refractivity contribution in [2.45, 2.75) is 39.5 Å². The molecule has 1 unspecified atom stereocenters. The molecule has 5 heteroatoms. The molecule has 0 fully saturated rings. The van der Waals surface area contributed by atoms with Crippen molar-refractivity contribution in [1.82, 2.24) is 0 Å². The molecule has 0 aromatic heterocycles. The number of aromatic hydroxyl groups is 2. The summed E-state index contributed by atoms with van der Waals surface area (Å²) in [4.78, 5) is 23.3. The first kappa shape index (κ1) is 17.0. The molecule has 0 aliphatic heterocycles. The normalized spacial score (nSPS) is 12.2. The molecular weight excluding hydrogens is 272 g/mol. The van der Waals surface area contributed by atoms with Crippen LogP contribution in [0.15, 0.2) is 12.1 Å². The minimum Gasteiger partial charge on any atom is -0.508 e. The van der Waals surface area contributed by atoms with E-state index in [9.17, 15) is 19.8 Å². The number of phenolic OH excluding ortho intramolecular Hbond substituents is 2. The zero-order chi connectivity index (χ0) is 16.2. The van der Waals surface area contributed by atoms with E-state index in [-0.39, 0.29) is 41.1 Å². The maximum Gasteiger partial charge on any atom is 0.341 e. The summed E-state index contributed by atoms with van der Waals surface area (Å²) >= 11 is 0. The number of phenols is 2. The van der Waals surface area contributed by atoms with Gasteiger partial charge in [-0.15, -0.1) is 0 Å². The van der Waals surface area contributed by atoms with Crippen LogP contribution in [0.3, 0.4) is 0 Å². The van der Waals surface area contributed by atoms with Gasteiger partial charge >= 0.3 is 5.97 Å². The van der Waals surface area contributed by atoms with Crippen LogP contribution < -0.4 is 0 Å². The molecule has 0 amide bonds. The van der Waals surface area contributed by atoms with Crippen LogP contribution in [0.1, 0.15) is 55.5 Å². The van der Waals surface area contributed by atoms with Gasteiger partial charge in [0.1, 0.15) is 22.8 Å². The van der Waals surface area contributed by atoms with Crippen LogP contribution in [0.25, 0.3) is 0 Å². The molecule has 116 valence electrons. The Labute approximate surface area is 124 Å². The van der Waals surface area contributed by atoms with Crippen molar-refractivity contribution in [3.8, 4) is 11.5 Å². The van der Waals surface area contributed by atoms with E-state index in [0.29, 0.717) is 12.0 Å². The number of carbonyl (C=O) groups is 2. The molecule has 1 atom stereocenters. The molecule has 2 N–H and O–H groups in total. The molecule has 5 nitrogen and oxygen atoms in total. The zero-order valence-electron chi connectivity index (χ0n) is 12.8. The summed E-state index contributed by atoms with van der Waals surface area (Å²) < 4.78 is 4.52. The first-order valence-corrected chi connectivity index (χ1v) is 6.92. The third-order valence-corrected chi connectivity index (χ3v) is 3.25. The Morgan fingerprint density at radius 3 is 2.24 bits per heavy atom. The van der Waals surface area contributed by atoms with Gasteiger partial charge in [0.05, 0.1) is 7.11 Å². The molecule has 1 aromatic carbocycles. The summed E-state index contributed by atoms with van der Waals surface area (Å²) in [7, 11) is 1.19. The number of benzene rings is 1. The largest absolute Gasteiger partial charge is 0.508 e. The van der Waals surface area contributed by atoms with Crippen molar-refractivity contribution < 1.29 is 24.5 Å². The number of methoxy groups -OCH3 is 1. The molecule has 0 radical (unpaired) electrons. The molecule has 0 aliphatic carbocycles. The fourth-order valence-electron chi connectivity index (χ4n) is 2.25. The number of ketones is 1. The standard InChI is InChI=1S/C16H22O5/c1-9(2)5-11(17)6-10(3)12-7-15(19)13(8-14(12)18)16(20)21-4/h7-10,18-19H,5-6H2,1-4H3. The van der Waals surface area contributed by atoms with E-state index in [4.69, 9.17) is 0 Å². The maximum absolute atomic E-state index is 11.8. The summed E-state index contributed by atoms with van der Waals surface area (Å²) in [5, 5.41) is 19.8. The van der Waals surface area contributed by atoms with E-state index in [2.05, 4.69) is 4.74 Å². The maximum atomic E-state index is 11.8. The van der Waals surface area contributed by atoms with E-state index < -0.39 is 5.97 Å². The van der Waals surface area contributed by atoms with E-state index in [1.54, 1.807) is 6.92 Å². The lowest BCUT2D eigenvalue weighted by Gasteiger charge is -2.15. The van der Waals surface area contributed by atoms with Crippen LogP contribution >= 0.6 is 0 Å². The average molecular weight is 294 g/mol. The number of hydrogen-bond acceptors (Lipinski definition) is 5. The number of esters is 1. The van der Waals surface area contributed by atoms with Crippen molar-refractivity contribution in [1.29, 1.82) is 0 Å². The molecule has 0 spiro atoms. The van der Waals surface area contributed by atoms with Gasteiger partial charge in [0.25, 0.3) is 0 Å². The van der Waals surface area contributed by atoms with Gasteiger partial charge in [0.2, 0.25) is 0 Å². The monoisotopic (exact) mass is 294 g/mol. The van der Waals surface area contributed by atoms with E-state index in [0.717, 1.165) is 0 Å². The lowest BCUT2D eigenvalue weighted by Crippen LogP contribution is -2.08. The van der Waals surface area contributed by atoms with Crippen LogP contribution in [0.2, 0.25) is 0 Å². The van der Waals surface area contributed by atoms with E-state index in [1.807, 2.05) is 13.8 Å². The summed E-state index contributed by atoms with van der Waals surface area (Å²) in [6.07, 6.45) is 0.764. The van der Waals surface area contributed by atoms with Gasteiger partial charge in [-0.1, -0.05) is 20.8 Å². The molecule has 0 heterocycles. The van der Waals surface area contributed by atoms with Crippen molar-refractivity contribution in [3.63, 3.8) is 0 Å². The lowest BCUT2D eigenvalue weighted by molar-refractivity contribution is -0.120. The van der Waals surface area contributed by atoms with Crippen LogP contribution in [0.5, 0.6) is 11.5 Å². The minimum absolute atomic E-state index is 0.0977. The van der Waals surface area contributed by atoms with Crippen LogP contribution in [0, 0.1) is 5.92 Å². The SMILES string of the molecule is COC(=O)c1cc(O)c(C(C)CC(=O)CC(C)C)cc1O. The highest BCUT2D eigenvalue weighted by atomic mass is 16.5. The zero-order valence-corrected chi connectivity index (χ0v) is 12.8. The second-order valence-corrected chi connectivity index (χ2v) is 5.66. The Kier molecular flexibility index (Phi) is 5.76. The fourth-order valence-corrected chi connectivity index (χ4v) is 2.25.